The van der Waals surface area contributed by atoms with E-state index >= 15 is 0 Å². The normalized spacial score (nSPS) is 10.9. The molecule has 0 bridgehead atoms. The van der Waals surface area contributed by atoms with Crippen LogP contribution in [-0.4, -0.2) is 12.1 Å². The maximum absolute atomic E-state index is 11.6. The monoisotopic (exact) mass is 386 g/mol. The minimum atomic E-state index is 0.00248. The van der Waals surface area contributed by atoms with Gasteiger partial charge < -0.3 is 0 Å². The lowest BCUT2D eigenvalue weighted by molar-refractivity contribution is -0.121. The SMILES string of the molecule is CCCCCCCCC(=O)N/N=C/c1ccccc1I. The summed E-state index contributed by atoms with van der Waals surface area (Å²) in [7, 11) is 0. The van der Waals surface area contributed by atoms with Crippen LogP contribution in [0, 0.1) is 3.57 Å². The fraction of sp³-hybridized carbons (Fsp3) is 0.500. The van der Waals surface area contributed by atoms with Gasteiger partial charge in [0.05, 0.1) is 6.21 Å². The van der Waals surface area contributed by atoms with Gasteiger partial charge in [-0.2, -0.15) is 5.10 Å². The van der Waals surface area contributed by atoms with Crippen LogP contribution in [0.5, 0.6) is 0 Å². The summed E-state index contributed by atoms with van der Waals surface area (Å²) in [4.78, 5) is 11.6. The second-order valence-corrected chi connectivity index (χ2v) is 5.99. The van der Waals surface area contributed by atoms with Gasteiger partial charge >= 0.3 is 0 Å². The Balaban J connectivity index is 2.15. The number of unbranched alkanes of at least 4 members (excludes halogenated alkanes) is 5. The van der Waals surface area contributed by atoms with Crippen LogP contribution in [0.1, 0.15) is 57.4 Å². The van der Waals surface area contributed by atoms with Gasteiger partial charge in [0.25, 0.3) is 0 Å². The first kappa shape index (κ1) is 17.1. The van der Waals surface area contributed by atoms with Gasteiger partial charge in [-0.05, 0) is 35.1 Å². The highest BCUT2D eigenvalue weighted by atomic mass is 127. The van der Waals surface area contributed by atoms with Crippen molar-refractivity contribution in [3.05, 3.63) is 33.4 Å². The van der Waals surface area contributed by atoms with E-state index in [0.717, 1.165) is 22.0 Å². The standard InChI is InChI=1S/C16H23IN2O/c1-2-3-4-5-6-7-12-16(20)19-18-13-14-10-8-9-11-15(14)17/h8-11,13H,2-7,12H2,1H3,(H,19,20)/b18-13+. The van der Waals surface area contributed by atoms with E-state index < -0.39 is 0 Å². The molecular formula is C16H23IN2O. The zero-order valence-corrected chi connectivity index (χ0v) is 14.2. The summed E-state index contributed by atoms with van der Waals surface area (Å²) in [6, 6.07) is 7.93. The summed E-state index contributed by atoms with van der Waals surface area (Å²) >= 11 is 2.25. The molecule has 3 nitrogen and oxygen atoms in total. The number of nitrogens with zero attached hydrogens (tertiary/aromatic N) is 1. The minimum absolute atomic E-state index is 0.00248. The van der Waals surface area contributed by atoms with E-state index in [-0.39, 0.29) is 5.91 Å². The minimum Gasteiger partial charge on any atom is -0.273 e. The number of hydrazone groups is 1. The first-order valence-electron chi connectivity index (χ1n) is 7.30. The number of hydrogen-bond acceptors (Lipinski definition) is 2. The third kappa shape index (κ3) is 7.62. The Bertz CT molecular complexity index is 432. The van der Waals surface area contributed by atoms with Crippen molar-refractivity contribution in [2.75, 3.05) is 0 Å². The maximum Gasteiger partial charge on any atom is 0.240 e. The van der Waals surface area contributed by atoms with Crippen LogP contribution >= 0.6 is 22.6 Å². The second-order valence-electron chi connectivity index (χ2n) is 4.83. The van der Waals surface area contributed by atoms with E-state index in [0.29, 0.717) is 6.42 Å². The molecule has 1 aromatic carbocycles. The van der Waals surface area contributed by atoms with Gasteiger partial charge in [0.15, 0.2) is 0 Å². The van der Waals surface area contributed by atoms with Crippen molar-refractivity contribution < 1.29 is 4.79 Å². The Hall–Kier alpha value is -0.910. The molecule has 0 saturated carbocycles. The molecule has 0 aliphatic carbocycles. The van der Waals surface area contributed by atoms with Gasteiger partial charge in [0.2, 0.25) is 5.91 Å². The molecule has 1 N–H and O–H groups in total. The molecule has 1 amide bonds. The smallest absolute Gasteiger partial charge is 0.240 e. The lowest BCUT2D eigenvalue weighted by atomic mass is 10.1. The molecule has 0 aromatic heterocycles. The van der Waals surface area contributed by atoms with E-state index in [4.69, 9.17) is 0 Å². The van der Waals surface area contributed by atoms with Gasteiger partial charge in [0, 0.05) is 15.6 Å². The molecule has 4 heteroatoms. The van der Waals surface area contributed by atoms with Crippen LogP contribution in [0.15, 0.2) is 29.4 Å². The zero-order chi connectivity index (χ0) is 14.6. The Morgan fingerprint density at radius 3 is 2.65 bits per heavy atom. The highest BCUT2D eigenvalue weighted by molar-refractivity contribution is 14.1. The quantitative estimate of drug-likeness (QED) is 0.289. The van der Waals surface area contributed by atoms with Crippen molar-refractivity contribution in [2.45, 2.75) is 51.9 Å². The van der Waals surface area contributed by atoms with Crippen LogP contribution in [0.4, 0.5) is 0 Å². The summed E-state index contributed by atoms with van der Waals surface area (Å²) < 4.78 is 1.12. The highest BCUT2D eigenvalue weighted by Crippen LogP contribution is 2.09. The molecule has 0 heterocycles. The molecular weight excluding hydrogens is 363 g/mol. The van der Waals surface area contributed by atoms with E-state index in [1.165, 1.54) is 25.7 Å². The third-order valence-electron chi connectivity index (χ3n) is 3.06. The first-order valence-corrected chi connectivity index (χ1v) is 8.38. The van der Waals surface area contributed by atoms with Gasteiger partial charge in [0.1, 0.15) is 0 Å². The van der Waals surface area contributed by atoms with Crippen LogP contribution in [-0.2, 0) is 4.79 Å². The van der Waals surface area contributed by atoms with Crippen molar-refractivity contribution in [1.82, 2.24) is 5.43 Å². The van der Waals surface area contributed by atoms with E-state index in [1.807, 2.05) is 24.3 Å². The van der Waals surface area contributed by atoms with E-state index in [1.54, 1.807) is 6.21 Å². The maximum atomic E-state index is 11.6. The van der Waals surface area contributed by atoms with Crippen molar-refractivity contribution in [3.63, 3.8) is 0 Å². The highest BCUT2D eigenvalue weighted by Gasteiger charge is 1.99. The summed E-state index contributed by atoms with van der Waals surface area (Å²) in [6.07, 6.45) is 9.41. The fourth-order valence-electron chi connectivity index (χ4n) is 1.88. The molecule has 0 fully saturated rings. The molecule has 0 aliphatic heterocycles. The summed E-state index contributed by atoms with van der Waals surface area (Å²) in [6.45, 7) is 2.21. The first-order chi connectivity index (χ1) is 9.74. The molecule has 1 aromatic rings. The average molecular weight is 386 g/mol. The lowest BCUT2D eigenvalue weighted by Crippen LogP contribution is -2.17. The van der Waals surface area contributed by atoms with Crippen molar-refractivity contribution in [3.8, 4) is 0 Å². The van der Waals surface area contributed by atoms with Crippen molar-refractivity contribution in [1.29, 1.82) is 0 Å². The van der Waals surface area contributed by atoms with E-state index in [2.05, 4.69) is 40.0 Å². The number of benzene rings is 1. The van der Waals surface area contributed by atoms with Crippen LogP contribution < -0.4 is 5.43 Å². The van der Waals surface area contributed by atoms with Crippen LogP contribution in [0.3, 0.4) is 0 Å². The number of carbonyl (C=O) groups is 1. The predicted octanol–water partition coefficient (Wildman–Crippen LogP) is 4.49. The number of carbonyl (C=O) groups excluding carboxylic acids is 1. The lowest BCUT2D eigenvalue weighted by Gasteiger charge is -2.01. The van der Waals surface area contributed by atoms with Crippen LogP contribution in [0.2, 0.25) is 0 Å². The Kier molecular flexibility index (Phi) is 9.28. The number of nitrogens with one attached hydrogen (secondary N) is 1. The molecule has 110 valence electrons. The van der Waals surface area contributed by atoms with Crippen molar-refractivity contribution >= 4 is 34.7 Å². The predicted molar refractivity (Wildman–Crippen MR) is 92.9 cm³/mol. The topological polar surface area (TPSA) is 41.5 Å². The Morgan fingerprint density at radius 2 is 1.90 bits per heavy atom. The van der Waals surface area contributed by atoms with Gasteiger partial charge in [-0.15, -0.1) is 0 Å². The Labute approximate surface area is 135 Å². The molecule has 20 heavy (non-hydrogen) atoms. The zero-order valence-electron chi connectivity index (χ0n) is 12.1. The number of hydrogen-bond donors (Lipinski definition) is 1. The van der Waals surface area contributed by atoms with Crippen molar-refractivity contribution in [2.24, 2.45) is 5.10 Å². The molecule has 0 aliphatic rings. The number of halogens is 1. The summed E-state index contributed by atoms with van der Waals surface area (Å²) in [5.74, 6) is 0.00248. The Morgan fingerprint density at radius 1 is 1.20 bits per heavy atom. The van der Waals surface area contributed by atoms with Crippen LogP contribution in [0.25, 0.3) is 0 Å². The third-order valence-corrected chi connectivity index (χ3v) is 4.04. The molecule has 0 saturated heterocycles. The largest absolute Gasteiger partial charge is 0.273 e. The van der Waals surface area contributed by atoms with Gasteiger partial charge in [-0.1, -0.05) is 57.2 Å². The molecule has 0 atom stereocenters. The second kappa shape index (κ2) is 10.8. The average Bonchev–Trinajstić information content (AvgIpc) is 2.45. The molecule has 0 spiro atoms. The summed E-state index contributed by atoms with van der Waals surface area (Å²) in [5.41, 5.74) is 3.61. The molecule has 0 radical (unpaired) electrons. The molecule has 0 unspecified atom stereocenters. The van der Waals surface area contributed by atoms with E-state index in [9.17, 15) is 4.79 Å². The fourth-order valence-corrected chi connectivity index (χ4v) is 2.40. The number of amides is 1. The number of rotatable bonds is 9. The molecule has 1 rings (SSSR count). The van der Waals surface area contributed by atoms with Gasteiger partial charge in [-0.25, -0.2) is 5.43 Å². The summed E-state index contributed by atoms with van der Waals surface area (Å²) in [5, 5.41) is 4.00. The van der Waals surface area contributed by atoms with Gasteiger partial charge in [-0.3, -0.25) is 4.79 Å².